The number of fused-ring (bicyclic) bond motifs is 1. The molecule has 2 rings (SSSR count). The molecule has 0 atom stereocenters. The van der Waals surface area contributed by atoms with Crippen LogP contribution in [0.15, 0.2) is 27.4 Å². The van der Waals surface area contributed by atoms with Crippen molar-refractivity contribution in [2.24, 2.45) is 0 Å². The predicted octanol–water partition coefficient (Wildman–Crippen LogP) is 2.37. The van der Waals surface area contributed by atoms with Crippen LogP contribution in [0.5, 0.6) is 0 Å². The molecule has 0 radical (unpaired) electrons. The summed E-state index contributed by atoms with van der Waals surface area (Å²) in [5.41, 5.74) is 3.22. The highest BCUT2D eigenvalue weighted by molar-refractivity contribution is 5.84. The molecule has 1 amide bonds. The van der Waals surface area contributed by atoms with E-state index in [1.165, 1.54) is 6.07 Å². The van der Waals surface area contributed by atoms with Crippen molar-refractivity contribution in [3.8, 4) is 0 Å². The highest BCUT2D eigenvalue weighted by atomic mass is 16.4. The van der Waals surface area contributed by atoms with Gasteiger partial charge in [0.25, 0.3) is 0 Å². The molecule has 23 heavy (non-hydrogen) atoms. The smallest absolute Gasteiger partial charge is 0.336 e. The maximum atomic E-state index is 11.8. The zero-order valence-electron chi connectivity index (χ0n) is 14.2. The molecule has 0 fully saturated rings. The standard InChI is InChI=1S/C18H24N2O3/c1-5-8-19-16(21)11-20(4)10-14-9-17(22)23-18-13(3)12(2)6-7-15(14)18/h6-7,9H,5,8,10-11H2,1-4H3,(H,19,21). The molecule has 0 aliphatic heterocycles. The summed E-state index contributed by atoms with van der Waals surface area (Å²) >= 11 is 0. The summed E-state index contributed by atoms with van der Waals surface area (Å²) in [6, 6.07) is 5.51. The largest absolute Gasteiger partial charge is 0.422 e. The lowest BCUT2D eigenvalue weighted by Gasteiger charge is -2.17. The molecule has 1 aromatic carbocycles. The number of hydrogen-bond donors (Lipinski definition) is 1. The van der Waals surface area contributed by atoms with Gasteiger partial charge in [0, 0.05) is 24.5 Å². The number of amides is 1. The number of hydrogen-bond acceptors (Lipinski definition) is 4. The molecule has 1 N–H and O–H groups in total. The van der Waals surface area contributed by atoms with E-state index in [2.05, 4.69) is 5.32 Å². The number of nitrogens with zero attached hydrogens (tertiary/aromatic N) is 1. The molecule has 1 aromatic heterocycles. The van der Waals surface area contributed by atoms with Crippen LogP contribution in [0, 0.1) is 13.8 Å². The summed E-state index contributed by atoms with van der Waals surface area (Å²) in [7, 11) is 1.87. The Kier molecular flexibility index (Phi) is 5.55. The first-order valence-electron chi connectivity index (χ1n) is 7.90. The highest BCUT2D eigenvalue weighted by Crippen LogP contribution is 2.23. The van der Waals surface area contributed by atoms with E-state index < -0.39 is 0 Å². The lowest BCUT2D eigenvalue weighted by Crippen LogP contribution is -2.35. The van der Waals surface area contributed by atoms with Crippen molar-refractivity contribution in [3.63, 3.8) is 0 Å². The van der Waals surface area contributed by atoms with Crippen LogP contribution in [-0.2, 0) is 11.3 Å². The third-order valence-corrected chi connectivity index (χ3v) is 3.94. The van der Waals surface area contributed by atoms with Crippen molar-refractivity contribution in [2.45, 2.75) is 33.7 Å². The summed E-state index contributed by atoms with van der Waals surface area (Å²) < 4.78 is 5.38. The fraction of sp³-hybridized carbons (Fsp3) is 0.444. The number of carbonyl (C=O) groups excluding carboxylic acids is 1. The van der Waals surface area contributed by atoms with Gasteiger partial charge in [-0.05, 0) is 44.0 Å². The maximum Gasteiger partial charge on any atom is 0.336 e. The summed E-state index contributed by atoms with van der Waals surface area (Å²) in [5, 5.41) is 3.78. The Bertz CT molecular complexity index is 765. The van der Waals surface area contributed by atoms with Gasteiger partial charge in [0.05, 0.1) is 6.54 Å². The van der Waals surface area contributed by atoms with Gasteiger partial charge in [-0.15, -0.1) is 0 Å². The average molecular weight is 316 g/mol. The predicted molar refractivity (Wildman–Crippen MR) is 91.6 cm³/mol. The number of rotatable bonds is 6. The summed E-state index contributed by atoms with van der Waals surface area (Å²) in [5.74, 6) is -0.00588. The lowest BCUT2D eigenvalue weighted by atomic mass is 10.0. The van der Waals surface area contributed by atoms with Crippen LogP contribution < -0.4 is 10.9 Å². The zero-order valence-corrected chi connectivity index (χ0v) is 14.2. The second-order valence-corrected chi connectivity index (χ2v) is 6.00. The van der Waals surface area contributed by atoms with E-state index in [4.69, 9.17) is 4.42 Å². The Morgan fingerprint density at radius 2 is 2.04 bits per heavy atom. The molecule has 2 aromatic rings. The van der Waals surface area contributed by atoms with E-state index >= 15 is 0 Å². The molecular weight excluding hydrogens is 292 g/mol. The molecule has 1 heterocycles. The maximum absolute atomic E-state index is 11.8. The van der Waals surface area contributed by atoms with Crippen molar-refractivity contribution in [2.75, 3.05) is 20.1 Å². The number of carbonyl (C=O) groups is 1. The molecule has 0 spiro atoms. The summed E-state index contributed by atoms with van der Waals surface area (Å²) in [6.07, 6.45) is 0.915. The van der Waals surface area contributed by atoms with Crippen molar-refractivity contribution >= 4 is 16.9 Å². The van der Waals surface area contributed by atoms with Gasteiger partial charge in [-0.3, -0.25) is 9.69 Å². The van der Waals surface area contributed by atoms with Crippen LogP contribution in [-0.4, -0.2) is 30.9 Å². The van der Waals surface area contributed by atoms with Crippen molar-refractivity contribution in [3.05, 3.63) is 45.3 Å². The Balaban J connectivity index is 2.24. The fourth-order valence-corrected chi connectivity index (χ4v) is 2.57. The number of likely N-dealkylation sites (N-methyl/N-ethyl adjacent to an activating group) is 1. The van der Waals surface area contributed by atoms with E-state index in [0.717, 1.165) is 28.5 Å². The minimum atomic E-state index is -0.356. The number of aryl methyl sites for hydroxylation is 2. The highest BCUT2D eigenvalue weighted by Gasteiger charge is 2.12. The summed E-state index contributed by atoms with van der Waals surface area (Å²) in [4.78, 5) is 25.5. The van der Waals surface area contributed by atoms with Crippen LogP contribution >= 0.6 is 0 Å². The Labute approximate surface area is 136 Å². The fourth-order valence-electron chi connectivity index (χ4n) is 2.57. The normalized spacial score (nSPS) is 11.2. The minimum Gasteiger partial charge on any atom is -0.422 e. The molecule has 0 aliphatic carbocycles. The van der Waals surface area contributed by atoms with E-state index in [1.54, 1.807) is 0 Å². The van der Waals surface area contributed by atoms with Crippen LogP contribution in [0.1, 0.15) is 30.0 Å². The molecule has 0 saturated heterocycles. The lowest BCUT2D eigenvalue weighted by molar-refractivity contribution is -0.122. The van der Waals surface area contributed by atoms with Gasteiger partial charge in [0.1, 0.15) is 5.58 Å². The van der Waals surface area contributed by atoms with Gasteiger partial charge in [-0.25, -0.2) is 4.79 Å². The first-order chi connectivity index (χ1) is 10.9. The topological polar surface area (TPSA) is 62.6 Å². The molecule has 0 saturated carbocycles. The van der Waals surface area contributed by atoms with Gasteiger partial charge >= 0.3 is 5.63 Å². The molecular formula is C18H24N2O3. The van der Waals surface area contributed by atoms with Gasteiger partial charge in [-0.1, -0.05) is 19.1 Å². The van der Waals surface area contributed by atoms with Crippen molar-refractivity contribution in [1.29, 1.82) is 0 Å². The van der Waals surface area contributed by atoms with Crippen LogP contribution in [0.25, 0.3) is 11.0 Å². The van der Waals surface area contributed by atoms with E-state index in [-0.39, 0.29) is 11.5 Å². The van der Waals surface area contributed by atoms with Gasteiger partial charge in [0.2, 0.25) is 5.91 Å². The first kappa shape index (κ1) is 17.2. The van der Waals surface area contributed by atoms with E-state index in [9.17, 15) is 9.59 Å². The molecule has 5 heteroatoms. The van der Waals surface area contributed by atoms with E-state index in [0.29, 0.717) is 25.2 Å². The monoisotopic (exact) mass is 316 g/mol. The Morgan fingerprint density at radius 1 is 1.30 bits per heavy atom. The first-order valence-corrected chi connectivity index (χ1v) is 7.90. The summed E-state index contributed by atoms with van der Waals surface area (Å²) in [6.45, 7) is 7.46. The van der Waals surface area contributed by atoms with Crippen LogP contribution in [0.2, 0.25) is 0 Å². The third kappa shape index (κ3) is 4.20. The average Bonchev–Trinajstić information content (AvgIpc) is 2.49. The van der Waals surface area contributed by atoms with Crippen LogP contribution in [0.4, 0.5) is 0 Å². The number of benzene rings is 1. The Hall–Kier alpha value is -2.14. The second kappa shape index (κ2) is 7.42. The van der Waals surface area contributed by atoms with Crippen molar-refractivity contribution in [1.82, 2.24) is 10.2 Å². The van der Waals surface area contributed by atoms with E-state index in [1.807, 2.05) is 44.9 Å². The molecule has 124 valence electrons. The van der Waals surface area contributed by atoms with Gasteiger partial charge in [0.15, 0.2) is 0 Å². The Morgan fingerprint density at radius 3 is 2.74 bits per heavy atom. The van der Waals surface area contributed by atoms with Gasteiger partial charge in [-0.2, -0.15) is 0 Å². The molecule has 0 bridgehead atoms. The van der Waals surface area contributed by atoms with Crippen molar-refractivity contribution < 1.29 is 9.21 Å². The van der Waals surface area contributed by atoms with Gasteiger partial charge < -0.3 is 9.73 Å². The SMILES string of the molecule is CCCNC(=O)CN(C)Cc1cc(=O)oc2c(C)c(C)ccc12. The molecule has 5 nitrogen and oxygen atoms in total. The minimum absolute atomic E-state index is 0.00588. The molecule has 0 aliphatic rings. The third-order valence-electron chi connectivity index (χ3n) is 3.94. The number of nitrogens with one attached hydrogen (secondary N) is 1. The molecule has 0 unspecified atom stereocenters. The quantitative estimate of drug-likeness (QED) is 0.831. The second-order valence-electron chi connectivity index (χ2n) is 6.00. The zero-order chi connectivity index (χ0) is 17.0. The van der Waals surface area contributed by atoms with Crippen LogP contribution in [0.3, 0.4) is 0 Å².